The highest BCUT2D eigenvalue weighted by molar-refractivity contribution is 7.88. The van der Waals surface area contributed by atoms with Crippen molar-refractivity contribution in [2.24, 2.45) is 0 Å². The maximum Gasteiger partial charge on any atom is 0.455 e. The van der Waals surface area contributed by atoms with Gasteiger partial charge in [-0.1, -0.05) is 0 Å². The van der Waals surface area contributed by atoms with Gasteiger partial charge < -0.3 is 4.18 Å². The van der Waals surface area contributed by atoms with Crippen LogP contribution in [-0.2, 0) is 42.7 Å². The summed E-state index contributed by atoms with van der Waals surface area (Å²) in [6.45, 7) is 0. The van der Waals surface area contributed by atoms with E-state index in [0.717, 1.165) is 0 Å². The molecule has 0 aliphatic carbocycles. The maximum absolute atomic E-state index is 11.1. The van der Waals surface area contributed by atoms with Gasteiger partial charge in [0.2, 0.25) is 5.78 Å². The SMILES string of the molecule is O=C1CS(=O)(=O)OC12OS(=O)(=O)OC2=O. The fraction of sp³-hybridized carbons (Fsp3) is 0.500. The van der Waals surface area contributed by atoms with Crippen molar-refractivity contribution < 1.29 is 39.0 Å². The highest BCUT2D eigenvalue weighted by atomic mass is 32.3. The zero-order chi connectivity index (χ0) is 11.5. The second-order valence-corrected chi connectivity index (χ2v) is 5.41. The molecule has 0 radical (unpaired) electrons. The number of hydrogen-bond donors (Lipinski definition) is 0. The van der Waals surface area contributed by atoms with E-state index in [1.165, 1.54) is 0 Å². The van der Waals surface area contributed by atoms with Crippen LogP contribution in [0.4, 0.5) is 0 Å². The summed E-state index contributed by atoms with van der Waals surface area (Å²) in [4.78, 5) is 22.1. The predicted octanol–water partition coefficient (Wildman–Crippen LogP) is -2.57. The van der Waals surface area contributed by atoms with E-state index in [9.17, 15) is 26.4 Å². The Morgan fingerprint density at radius 1 is 1.07 bits per heavy atom. The third-order valence-electron chi connectivity index (χ3n) is 1.59. The Labute approximate surface area is 83.4 Å². The minimum Gasteiger partial charge on any atom is -0.319 e. The number of rotatable bonds is 0. The van der Waals surface area contributed by atoms with Crippen molar-refractivity contribution >= 4 is 32.3 Å². The van der Waals surface area contributed by atoms with Crippen molar-refractivity contribution in [2.75, 3.05) is 5.75 Å². The Balaban J connectivity index is 2.55. The Hall–Kier alpha value is -1.04. The molecule has 2 aliphatic heterocycles. The molecule has 0 N–H and O–H groups in total. The van der Waals surface area contributed by atoms with Gasteiger partial charge in [0.15, 0.2) is 0 Å². The first-order valence-electron chi connectivity index (χ1n) is 3.33. The molecule has 2 saturated heterocycles. The van der Waals surface area contributed by atoms with Crippen molar-refractivity contribution in [3.63, 3.8) is 0 Å². The van der Waals surface area contributed by atoms with Gasteiger partial charge in [-0.2, -0.15) is 21.0 Å². The van der Waals surface area contributed by atoms with Crippen molar-refractivity contribution in [3.8, 4) is 0 Å². The van der Waals surface area contributed by atoms with Gasteiger partial charge >= 0.3 is 22.2 Å². The zero-order valence-corrected chi connectivity index (χ0v) is 8.33. The third kappa shape index (κ3) is 1.43. The van der Waals surface area contributed by atoms with E-state index in [1.807, 2.05) is 0 Å². The summed E-state index contributed by atoms with van der Waals surface area (Å²) in [7, 11) is -9.04. The summed E-state index contributed by atoms with van der Waals surface area (Å²) in [5.74, 6) is -7.20. The van der Waals surface area contributed by atoms with Crippen molar-refractivity contribution in [3.05, 3.63) is 0 Å². The van der Waals surface area contributed by atoms with Crippen molar-refractivity contribution in [2.45, 2.75) is 5.79 Å². The van der Waals surface area contributed by atoms with E-state index < -0.39 is 43.8 Å². The second-order valence-electron chi connectivity index (χ2n) is 2.69. The molecule has 84 valence electrons. The Bertz CT molecular complexity index is 499. The Kier molecular flexibility index (Phi) is 1.78. The summed E-state index contributed by atoms with van der Waals surface area (Å²) < 4.78 is 54.6. The predicted molar refractivity (Wildman–Crippen MR) is 38.7 cm³/mol. The number of Topliss-reactive ketones (excluding diaryl/α,β-unsaturated/α-hetero) is 1. The van der Waals surface area contributed by atoms with Gasteiger partial charge in [-0.15, -0.1) is 0 Å². The molecule has 1 atom stereocenters. The van der Waals surface area contributed by atoms with Crippen LogP contribution in [0.3, 0.4) is 0 Å². The molecular weight excluding hydrogens is 256 g/mol. The number of hydrogen-bond acceptors (Lipinski definition) is 9. The summed E-state index contributed by atoms with van der Waals surface area (Å²) in [6, 6.07) is 0. The molecule has 0 amide bonds. The first-order valence-corrected chi connectivity index (χ1v) is 6.24. The minimum absolute atomic E-state index is 1.14. The first-order chi connectivity index (χ1) is 6.67. The minimum atomic E-state index is -4.73. The molecule has 0 aromatic heterocycles. The molecule has 2 rings (SSSR count). The van der Waals surface area contributed by atoms with E-state index in [4.69, 9.17) is 0 Å². The van der Waals surface area contributed by atoms with E-state index in [-0.39, 0.29) is 0 Å². The molecular formula is C4H2O9S2. The lowest BCUT2D eigenvalue weighted by Gasteiger charge is -2.08. The fourth-order valence-electron chi connectivity index (χ4n) is 1.06. The molecule has 2 aliphatic rings. The van der Waals surface area contributed by atoms with Gasteiger partial charge in [0.1, 0.15) is 5.75 Å². The Morgan fingerprint density at radius 2 is 1.67 bits per heavy atom. The van der Waals surface area contributed by atoms with Crippen LogP contribution in [0.5, 0.6) is 0 Å². The van der Waals surface area contributed by atoms with E-state index in [1.54, 1.807) is 0 Å². The number of carbonyl (C=O) groups is 2. The number of ketones is 1. The summed E-state index contributed by atoms with van der Waals surface area (Å²) in [5, 5.41) is 0. The molecule has 9 nitrogen and oxygen atoms in total. The normalized spacial score (nSPS) is 37.1. The maximum atomic E-state index is 11.1. The molecule has 11 heteroatoms. The topological polar surface area (TPSA) is 130 Å². The molecule has 2 fully saturated rings. The van der Waals surface area contributed by atoms with Crippen molar-refractivity contribution in [1.29, 1.82) is 0 Å². The average Bonchev–Trinajstić information content (AvgIpc) is 2.31. The van der Waals surface area contributed by atoms with Crippen LogP contribution >= 0.6 is 0 Å². The van der Waals surface area contributed by atoms with Crippen LogP contribution in [0.1, 0.15) is 0 Å². The Morgan fingerprint density at radius 3 is 2.00 bits per heavy atom. The molecule has 2 heterocycles. The molecule has 1 unspecified atom stereocenters. The number of carbonyl (C=O) groups excluding carboxylic acids is 2. The molecule has 0 aromatic carbocycles. The summed E-state index contributed by atoms with van der Waals surface area (Å²) in [5.41, 5.74) is 0. The van der Waals surface area contributed by atoms with Gasteiger partial charge in [0.25, 0.3) is 10.1 Å². The van der Waals surface area contributed by atoms with E-state index in [0.29, 0.717) is 0 Å². The molecule has 0 saturated carbocycles. The van der Waals surface area contributed by atoms with Crippen LogP contribution in [-0.4, -0.2) is 40.1 Å². The average molecular weight is 258 g/mol. The smallest absolute Gasteiger partial charge is 0.319 e. The van der Waals surface area contributed by atoms with Gasteiger partial charge in [0.05, 0.1) is 0 Å². The first kappa shape index (κ1) is 10.5. The standard InChI is InChI=1S/C4H2O9S2/c5-2-1-14(7,8)12-4(2)3(6)11-15(9,10)13-4/h1H2. The molecule has 1 spiro atoms. The van der Waals surface area contributed by atoms with Gasteiger partial charge in [0, 0.05) is 0 Å². The van der Waals surface area contributed by atoms with Crippen molar-refractivity contribution in [1.82, 2.24) is 0 Å². The quantitative estimate of drug-likeness (QED) is 0.339. The van der Waals surface area contributed by atoms with Gasteiger partial charge in [-0.25, -0.2) is 8.98 Å². The van der Waals surface area contributed by atoms with Crippen LogP contribution in [0.15, 0.2) is 0 Å². The third-order valence-corrected chi connectivity index (χ3v) is 3.48. The van der Waals surface area contributed by atoms with Crippen LogP contribution in [0, 0.1) is 0 Å². The molecule has 0 bridgehead atoms. The highest BCUT2D eigenvalue weighted by Gasteiger charge is 2.68. The lowest BCUT2D eigenvalue weighted by atomic mass is 10.2. The van der Waals surface area contributed by atoms with Crippen LogP contribution in [0.25, 0.3) is 0 Å². The molecule has 0 aromatic rings. The highest BCUT2D eigenvalue weighted by Crippen LogP contribution is 2.35. The van der Waals surface area contributed by atoms with Gasteiger partial charge in [-0.3, -0.25) is 4.79 Å². The van der Waals surface area contributed by atoms with Gasteiger partial charge in [-0.05, 0) is 0 Å². The zero-order valence-electron chi connectivity index (χ0n) is 6.70. The summed E-state index contributed by atoms with van der Waals surface area (Å²) in [6.07, 6.45) is 0. The van der Waals surface area contributed by atoms with Crippen LogP contribution in [0.2, 0.25) is 0 Å². The fourth-order valence-corrected chi connectivity index (χ4v) is 3.04. The van der Waals surface area contributed by atoms with E-state index >= 15 is 0 Å². The summed E-state index contributed by atoms with van der Waals surface area (Å²) >= 11 is 0. The largest absolute Gasteiger partial charge is 0.455 e. The lowest BCUT2D eigenvalue weighted by Crippen LogP contribution is -2.43. The van der Waals surface area contributed by atoms with Crippen LogP contribution < -0.4 is 0 Å². The lowest BCUT2D eigenvalue weighted by molar-refractivity contribution is -0.169. The monoisotopic (exact) mass is 258 g/mol. The van der Waals surface area contributed by atoms with E-state index in [2.05, 4.69) is 12.5 Å². The second kappa shape index (κ2) is 2.55. The molecule has 15 heavy (non-hydrogen) atoms.